The number of aromatic nitrogens is 3. The Hall–Kier alpha value is -1.03. The molecule has 120 valence electrons. The van der Waals surface area contributed by atoms with Gasteiger partial charge in [-0.25, -0.2) is 4.98 Å². The highest BCUT2D eigenvalue weighted by Gasteiger charge is 2.25. The maximum Gasteiger partial charge on any atom is 0.416 e. The van der Waals surface area contributed by atoms with Gasteiger partial charge in [-0.2, -0.15) is 0 Å². The van der Waals surface area contributed by atoms with Crippen LogP contribution >= 0.6 is 27.5 Å². The topological polar surface area (TPSA) is 83.1 Å². The van der Waals surface area contributed by atoms with E-state index >= 15 is 0 Å². The molecule has 0 saturated carbocycles. The van der Waals surface area contributed by atoms with Gasteiger partial charge in [0, 0.05) is 14.7 Å². The molecule has 0 aliphatic rings. The van der Waals surface area contributed by atoms with Gasteiger partial charge in [0.2, 0.25) is 0 Å². The van der Waals surface area contributed by atoms with Gasteiger partial charge in [0.05, 0.1) is 9.57 Å². The molecular formula is C12H16BrClN4O3Si. The third-order valence-corrected chi connectivity index (χ3v) is 5.49. The zero-order valence-corrected chi connectivity index (χ0v) is 15.8. The lowest BCUT2D eigenvalue weighted by molar-refractivity contribution is -0.388. The summed E-state index contributed by atoms with van der Waals surface area (Å²) in [6.45, 7) is 7.51. The van der Waals surface area contributed by atoms with Crippen LogP contribution in [0.3, 0.4) is 0 Å². The number of hydrogen-bond acceptors (Lipinski definition) is 5. The van der Waals surface area contributed by atoms with E-state index in [-0.39, 0.29) is 23.2 Å². The van der Waals surface area contributed by atoms with Crippen LogP contribution in [0.25, 0.3) is 11.0 Å². The number of halogens is 2. The summed E-state index contributed by atoms with van der Waals surface area (Å²) in [6.07, 6.45) is 0. The van der Waals surface area contributed by atoms with Crippen molar-refractivity contribution in [1.82, 2.24) is 14.8 Å². The molecular weight excluding hydrogens is 392 g/mol. The van der Waals surface area contributed by atoms with Crippen molar-refractivity contribution < 1.29 is 9.66 Å². The lowest BCUT2D eigenvalue weighted by Crippen LogP contribution is -2.22. The molecule has 2 aromatic rings. The van der Waals surface area contributed by atoms with E-state index in [4.69, 9.17) is 16.3 Å². The first kappa shape index (κ1) is 17.3. The molecule has 0 saturated heterocycles. The lowest BCUT2D eigenvalue weighted by atomic mass is 10.4. The monoisotopic (exact) mass is 406 g/mol. The van der Waals surface area contributed by atoms with Crippen LogP contribution in [0.2, 0.25) is 30.8 Å². The molecule has 0 amide bonds. The minimum Gasteiger partial charge on any atom is -0.358 e. The van der Waals surface area contributed by atoms with Gasteiger partial charge in [0.25, 0.3) is 0 Å². The summed E-state index contributed by atoms with van der Waals surface area (Å²) in [5.41, 5.74) is 0.655. The molecule has 22 heavy (non-hydrogen) atoms. The van der Waals surface area contributed by atoms with Gasteiger partial charge in [-0.3, -0.25) is 0 Å². The van der Waals surface area contributed by atoms with Crippen molar-refractivity contribution >= 4 is 52.5 Å². The first-order valence-corrected chi connectivity index (χ1v) is 11.5. The SMILES string of the molecule is C[Si](C)(C)CCOCn1nc([N+](=O)[O-])c2nc(Cl)cc(Br)c21. The van der Waals surface area contributed by atoms with Crippen molar-refractivity contribution in [3.8, 4) is 0 Å². The summed E-state index contributed by atoms with van der Waals surface area (Å²) in [5, 5.41) is 15.3. The van der Waals surface area contributed by atoms with Gasteiger partial charge in [-0.05, 0) is 33.0 Å². The molecule has 0 aromatic carbocycles. The normalized spacial score (nSPS) is 12.0. The number of fused-ring (bicyclic) bond motifs is 1. The Morgan fingerprint density at radius 3 is 2.77 bits per heavy atom. The molecule has 2 aromatic heterocycles. The summed E-state index contributed by atoms with van der Waals surface area (Å²) in [7, 11) is -1.18. The zero-order valence-electron chi connectivity index (χ0n) is 12.5. The Labute approximate surface area is 141 Å². The van der Waals surface area contributed by atoms with Gasteiger partial charge in [0.15, 0.2) is 12.2 Å². The highest BCUT2D eigenvalue weighted by atomic mass is 79.9. The third kappa shape index (κ3) is 4.03. The molecule has 7 nitrogen and oxygen atoms in total. The van der Waals surface area contributed by atoms with Gasteiger partial charge < -0.3 is 14.9 Å². The smallest absolute Gasteiger partial charge is 0.358 e. The summed E-state index contributed by atoms with van der Waals surface area (Å²) >= 11 is 9.20. The second kappa shape index (κ2) is 6.61. The van der Waals surface area contributed by atoms with Crippen molar-refractivity contribution in [1.29, 1.82) is 0 Å². The second-order valence-electron chi connectivity index (χ2n) is 6.05. The summed E-state index contributed by atoms with van der Waals surface area (Å²) < 4.78 is 7.64. The summed E-state index contributed by atoms with van der Waals surface area (Å²) in [6, 6.07) is 2.59. The molecule has 0 atom stereocenters. The van der Waals surface area contributed by atoms with E-state index in [1.54, 1.807) is 6.07 Å². The Morgan fingerprint density at radius 1 is 1.50 bits per heavy atom. The van der Waals surface area contributed by atoms with Crippen LogP contribution in [0.15, 0.2) is 10.5 Å². The third-order valence-electron chi connectivity index (χ3n) is 2.98. The zero-order chi connectivity index (χ0) is 16.5. The van der Waals surface area contributed by atoms with Gasteiger partial charge in [-0.15, -0.1) is 4.68 Å². The molecule has 0 aliphatic heterocycles. The Bertz CT molecular complexity index is 716. The van der Waals surface area contributed by atoms with Crippen LogP contribution in [0.4, 0.5) is 5.82 Å². The molecule has 0 fully saturated rings. The van der Waals surface area contributed by atoms with Crippen LogP contribution in [-0.4, -0.2) is 34.4 Å². The Balaban J connectivity index is 2.28. The molecule has 0 N–H and O–H groups in total. The first-order chi connectivity index (χ1) is 10.2. The van der Waals surface area contributed by atoms with Crippen LogP contribution in [0.1, 0.15) is 0 Å². The number of hydrogen-bond donors (Lipinski definition) is 0. The average molecular weight is 408 g/mol. The van der Waals surface area contributed by atoms with Crippen molar-refractivity contribution in [2.24, 2.45) is 0 Å². The van der Waals surface area contributed by atoms with E-state index in [0.717, 1.165) is 6.04 Å². The fraction of sp³-hybridized carbons (Fsp3) is 0.500. The summed E-state index contributed by atoms with van der Waals surface area (Å²) in [4.78, 5) is 14.5. The van der Waals surface area contributed by atoms with E-state index in [1.165, 1.54) is 4.68 Å². The van der Waals surface area contributed by atoms with E-state index in [2.05, 4.69) is 45.7 Å². The molecule has 2 rings (SSSR count). The lowest BCUT2D eigenvalue weighted by Gasteiger charge is -2.14. The molecule has 10 heteroatoms. The quantitative estimate of drug-likeness (QED) is 0.237. The highest BCUT2D eigenvalue weighted by Crippen LogP contribution is 2.31. The van der Waals surface area contributed by atoms with Crippen LogP contribution in [-0.2, 0) is 11.5 Å². The average Bonchev–Trinajstić information content (AvgIpc) is 2.72. The molecule has 0 unspecified atom stereocenters. The van der Waals surface area contributed by atoms with Crippen molar-refractivity contribution in [2.75, 3.05) is 6.61 Å². The van der Waals surface area contributed by atoms with Crippen molar-refractivity contribution in [2.45, 2.75) is 32.4 Å². The summed E-state index contributed by atoms with van der Waals surface area (Å²) in [5.74, 6) is -0.327. The number of nitrogens with zero attached hydrogens (tertiary/aromatic N) is 4. The molecule has 0 bridgehead atoms. The van der Waals surface area contributed by atoms with E-state index in [9.17, 15) is 10.1 Å². The Morgan fingerprint density at radius 2 is 2.18 bits per heavy atom. The predicted octanol–water partition coefficient (Wildman–Crippen LogP) is 4.07. The molecule has 0 spiro atoms. The number of ether oxygens (including phenoxy) is 1. The standard InChI is InChI=1S/C12H16BrClN4O3Si/c1-22(2,3)5-4-21-7-17-11-8(13)6-9(14)15-10(11)12(16-17)18(19)20/h6H,4-5,7H2,1-3H3. The van der Waals surface area contributed by atoms with E-state index in [1.807, 2.05) is 0 Å². The molecule has 0 radical (unpaired) electrons. The fourth-order valence-corrected chi connectivity index (χ4v) is 3.53. The van der Waals surface area contributed by atoms with Gasteiger partial charge >= 0.3 is 5.82 Å². The number of pyridine rings is 1. The Kier molecular flexibility index (Phi) is 5.20. The predicted molar refractivity (Wildman–Crippen MR) is 91.0 cm³/mol. The van der Waals surface area contributed by atoms with Crippen molar-refractivity contribution in [3.63, 3.8) is 0 Å². The molecule has 0 aliphatic carbocycles. The van der Waals surface area contributed by atoms with E-state index in [0.29, 0.717) is 16.6 Å². The maximum absolute atomic E-state index is 11.1. The van der Waals surface area contributed by atoms with Gasteiger partial charge in [-0.1, -0.05) is 31.2 Å². The minimum atomic E-state index is -1.18. The van der Waals surface area contributed by atoms with Gasteiger partial charge in [0.1, 0.15) is 10.7 Å². The van der Waals surface area contributed by atoms with E-state index < -0.39 is 13.0 Å². The van der Waals surface area contributed by atoms with Crippen molar-refractivity contribution in [3.05, 3.63) is 25.8 Å². The van der Waals surface area contributed by atoms with Crippen LogP contribution < -0.4 is 0 Å². The minimum absolute atomic E-state index is 0.136. The molecule has 2 heterocycles. The number of rotatable bonds is 6. The number of nitro groups is 1. The van der Waals surface area contributed by atoms with Crippen LogP contribution in [0.5, 0.6) is 0 Å². The van der Waals surface area contributed by atoms with Crippen LogP contribution in [0, 0.1) is 10.1 Å². The first-order valence-electron chi connectivity index (χ1n) is 6.64. The second-order valence-corrected chi connectivity index (χ2v) is 12.9. The highest BCUT2D eigenvalue weighted by molar-refractivity contribution is 9.10. The maximum atomic E-state index is 11.1. The largest absolute Gasteiger partial charge is 0.416 e. The fourth-order valence-electron chi connectivity index (χ4n) is 1.84.